The summed E-state index contributed by atoms with van der Waals surface area (Å²) in [5.74, 6) is -0.0492. The topological polar surface area (TPSA) is 129 Å². The van der Waals surface area contributed by atoms with E-state index in [0.717, 1.165) is 16.7 Å². The normalized spacial score (nSPS) is 10.4. The second-order valence-electron chi connectivity index (χ2n) is 10.9. The summed E-state index contributed by atoms with van der Waals surface area (Å²) in [5, 5.41) is 5.37. The Balaban J connectivity index is 1.01. The molecule has 0 bridgehead atoms. The molecule has 49 heavy (non-hydrogen) atoms. The fraction of sp³-hybridized carbons (Fsp3) is 0.128. The molecule has 0 spiro atoms. The zero-order valence-corrected chi connectivity index (χ0v) is 26.7. The highest BCUT2D eigenvalue weighted by atomic mass is 16.6. The van der Waals surface area contributed by atoms with Crippen molar-refractivity contribution in [3.8, 4) is 11.5 Å². The Kier molecular flexibility index (Phi) is 11.7. The SMILES string of the molecule is Cc1ccc(NC(=O)OCCc2ccc(OC(=O)c3ccccc3)cc2)cc1NC(=O)OCCc1ccc(OC(=O)c2ccccc2)cc1. The zero-order chi connectivity index (χ0) is 34.4. The molecule has 10 nitrogen and oxygen atoms in total. The highest BCUT2D eigenvalue weighted by Gasteiger charge is 2.12. The average molecular weight is 659 g/mol. The van der Waals surface area contributed by atoms with Gasteiger partial charge >= 0.3 is 24.1 Å². The Bertz CT molecular complexity index is 1880. The molecule has 0 aliphatic rings. The number of esters is 2. The molecule has 10 heteroatoms. The second-order valence-corrected chi connectivity index (χ2v) is 10.9. The number of amides is 2. The summed E-state index contributed by atoms with van der Waals surface area (Å²) in [6, 6.07) is 36.5. The molecule has 2 N–H and O–H groups in total. The number of anilines is 2. The van der Waals surface area contributed by atoms with Gasteiger partial charge in [0.25, 0.3) is 0 Å². The van der Waals surface area contributed by atoms with Crippen LogP contribution in [-0.4, -0.2) is 37.3 Å². The van der Waals surface area contributed by atoms with E-state index in [4.69, 9.17) is 18.9 Å². The highest BCUT2D eigenvalue weighted by Crippen LogP contribution is 2.21. The van der Waals surface area contributed by atoms with Crippen LogP contribution >= 0.6 is 0 Å². The van der Waals surface area contributed by atoms with E-state index in [-0.39, 0.29) is 13.2 Å². The Morgan fingerprint density at radius 1 is 0.531 bits per heavy atom. The molecule has 0 saturated heterocycles. The molecule has 2 amide bonds. The average Bonchev–Trinajstić information content (AvgIpc) is 3.12. The Morgan fingerprint density at radius 3 is 1.45 bits per heavy atom. The number of nitrogens with one attached hydrogen (secondary N) is 2. The van der Waals surface area contributed by atoms with Crippen molar-refractivity contribution >= 4 is 35.5 Å². The third-order valence-electron chi connectivity index (χ3n) is 7.26. The molecule has 248 valence electrons. The third kappa shape index (κ3) is 10.5. The standard InChI is InChI=1S/C39H34N2O8/c1-27-12-17-32(40-38(44)46-24-22-28-13-18-33(19-14-28)48-36(42)30-8-4-2-5-9-30)26-35(27)41-39(45)47-25-23-29-15-20-34(21-16-29)49-37(43)31-10-6-3-7-11-31/h2-21,26H,22-25H2,1H3,(H,40,44)(H,41,45). The lowest BCUT2D eigenvalue weighted by atomic mass is 10.1. The van der Waals surface area contributed by atoms with Gasteiger partial charge in [-0.2, -0.15) is 0 Å². The number of hydrogen-bond acceptors (Lipinski definition) is 8. The number of benzene rings is 5. The maximum Gasteiger partial charge on any atom is 0.411 e. The molecular formula is C39H34N2O8. The van der Waals surface area contributed by atoms with E-state index >= 15 is 0 Å². The fourth-order valence-electron chi connectivity index (χ4n) is 4.59. The minimum Gasteiger partial charge on any atom is -0.449 e. The number of ether oxygens (including phenoxy) is 4. The maximum absolute atomic E-state index is 12.5. The second kappa shape index (κ2) is 16.9. The molecule has 0 aliphatic carbocycles. The molecule has 5 aromatic carbocycles. The molecule has 0 heterocycles. The van der Waals surface area contributed by atoms with Crippen molar-refractivity contribution < 1.29 is 38.1 Å². The number of carbonyl (C=O) groups is 4. The maximum atomic E-state index is 12.5. The number of hydrogen-bond donors (Lipinski definition) is 2. The first-order valence-corrected chi connectivity index (χ1v) is 15.5. The van der Waals surface area contributed by atoms with Crippen LogP contribution in [0, 0.1) is 6.92 Å². The molecule has 0 aromatic heterocycles. The summed E-state index contributed by atoms with van der Waals surface area (Å²) in [4.78, 5) is 49.3. The van der Waals surface area contributed by atoms with Gasteiger partial charge in [0.1, 0.15) is 11.5 Å². The van der Waals surface area contributed by atoms with Crippen LogP contribution in [0.4, 0.5) is 21.0 Å². The Labute approximate surface area is 283 Å². The van der Waals surface area contributed by atoms with Crippen molar-refractivity contribution in [1.29, 1.82) is 0 Å². The molecule has 5 aromatic rings. The van der Waals surface area contributed by atoms with Crippen LogP contribution in [0.5, 0.6) is 11.5 Å². The van der Waals surface area contributed by atoms with E-state index in [0.29, 0.717) is 46.8 Å². The first-order valence-electron chi connectivity index (χ1n) is 15.5. The molecule has 5 rings (SSSR count). The van der Waals surface area contributed by atoms with Gasteiger partial charge in [0.15, 0.2) is 0 Å². The predicted molar refractivity (Wildman–Crippen MR) is 184 cm³/mol. The van der Waals surface area contributed by atoms with Gasteiger partial charge < -0.3 is 18.9 Å². The third-order valence-corrected chi connectivity index (χ3v) is 7.26. The van der Waals surface area contributed by atoms with Crippen LogP contribution in [0.15, 0.2) is 127 Å². The number of carbonyl (C=O) groups excluding carboxylic acids is 4. The lowest BCUT2D eigenvalue weighted by Crippen LogP contribution is -2.17. The zero-order valence-electron chi connectivity index (χ0n) is 26.7. The minimum atomic E-state index is -0.647. The van der Waals surface area contributed by atoms with Gasteiger partial charge in [0.05, 0.1) is 24.3 Å². The van der Waals surface area contributed by atoms with Crippen molar-refractivity contribution in [2.45, 2.75) is 19.8 Å². The fourth-order valence-corrected chi connectivity index (χ4v) is 4.59. The van der Waals surface area contributed by atoms with Gasteiger partial charge in [-0.05, 0) is 84.3 Å². The van der Waals surface area contributed by atoms with E-state index in [2.05, 4.69) is 10.6 Å². The molecule has 0 saturated carbocycles. The summed E-state index contributed by atoms with van der Waals surface area (Å²) < 4.78 is 21.4. The van der Waals surface area contributed by atoms with Crippen LogP contribution in [0.1, 0.15) is 37.4 Å². The van der Waals surface area contributed by atoms with Crippen LogP contribution in [0.3, 0.4) is 0 Å². The number of aryl methyl sites for hydroxylation is 1. The lowest BCUT2D eigenvalue weighted by molar-refractivity contribution is 0.0725. The van der Waals surface area contributed by atoms with Crippen LogP contribution < -0.4 is 20.1 Å². The molecule has 0 radical (unpaired) electrons. The van der Waals surface area contributed by atoms with E-state index < -0.39 is 24.1 Å². The van der Waals surface area contributed by atoms with E-state index in [1.807, 2.05) is 19.1 Å². The van der Waals surface area contributed by atoms with Crippen molar-refractivity contribution in [2.24, 2.45) is 0 Å². The van der Waals surface area contributed by atoms with E-state index in [1.165, 1.54) is 0 Å². The van der Waals surface area contributed by atoms with Gasteiger partial charge in [-0.25, -0.2) is 19.2 Å². The summed E-state index contributed by atoms with van der Waals surface area (Å²) in [6.07, 6.45) is -0.374. The Morgan fingerprint density at radius 2 is 0.980 bits per heavy atom. The predicted octanol–water partition coefficient (Wildman–Crippen LogP) is 8.02. The van der Waals surface area contributed by atoms with Gasteiger partial charge in [0, 0.05) is 24.2 Å². The van der Waals surface area contributed by atoms with Gasteiger partial charge in [-0.15, -0.1) is 0 Å². The summed E-state index contributed by atoms with van der Waals surface area (Å²) >= 11 is 0. The first kappa shape index (κ1) is 33.9. The molecule has 0 aliphatic heterocycles. The number of rotatable bonds is 12. The smallest absolute Gasteiger partial charge is 0.411 e. The van der Waals surface area contributed by atoms with Crippen molar-refractivity contribution in [3.05, 3.63) is 155 Å². The van der Waals surface area contributed by atoms with Crippen molar-refractivity contribution in [2.75, 3.05) is 23.8 Å². The largest absolute Gasteiger partial charge is 0.449 e. The van der Waals surface area contributed by atoms with E-state index in [9.17, 15) is 19.2 Å². The summed E-state index contributed by atoms with van der Waals surface area (Å²) in [7, 11) is 0. The molecule has 0 unspecified atom stereocenters. The van der Waals surface area contributed by atoms with Crippen LogP contribution in [0.25, 0.3) is 0 Å². The first-order chi connectivity index (χ1) is 23.8. The van der Waals surface area contributed by atoms with Gasteiger partial charge in [-0.1, -0.05) is 66.7 Å². The van der Waals surface area contributed by atoms with Crippen LogP contribution in [-0.2, 0) is 22.3 Å². The summed E-state index contributed by atoms with van der Waals surface area (Å²) in [6.45, 7) is 2.07. The molecule has 0 atom stereocenters. The Hall–Kier alpha value is -6.42. The van der Waals surface area contributed by atoms with Gasteiger partial charge in [0.2, 0.25) is 0 Å². The van der Waals surface area contributed by atoms with Crippen molar-refractivity contribution in [3.63, 3.8) is 0 Å². The van der Waals surface area contributed by atoms with E-state index in [1.54, 1.807) is 115 Å². The van der Waals surface area contributed by atoms with Crippen LogP contribution in [0.2, 0.25) is 0 Å². The monoisotopic (exact) mass is 658 g/mol. The lowest BCUT2D eigenvalue weighted by Gasteiger charge is -2.12. The summed E-state index contributed by atoms with van der Waals surface area (Å²) in [5.41, 5.74) is 4.40. The van der Waals surface area contributed by atoms with Gasteiger partial charge in [-0.3, -0.25) is 10.6 Å². The molecule has 0 fully saturated rings. The van der Waals surface area contributed by atoms with Crippen molar-refractivity contribution in [1.82, 2.24) is 0 Å². The quantitative estimate of drug-likeness (QED) is 0.102. The highest BCUT2D eigenvalue weighted by molar-refractivity contribution is 5.92. The molecular weight excluding hydrogens is 624 g/mol. The minimum absolute atomic E-state index is 0.125.